The van der Waals surface area contributed by atoms with Gasteiger partial charge in [-0.1, -0.05) is 42.5 Å². The van der Waals surface area contributed by atoms with Gasteiger partial charge in [-0.15, -0.1) is 0 Å². The average molecular weight is 461 g/mol. The fourth-order valence-electron chi connectivity index (χ4n) is 5.20. The van der Waals surface area contributed by atoms with E-state index in [1.54, 1.807) is 11.6 Å². The molecule has 2 saturated heterocycles. The van der Waals surface area contributed by atoms with Crippen molar-refractivity contribution < 1.29 is 9.47 Å². The number of piperidine rings is 1. The first-order valence-electron chi connectivity index (χ1n) is 11.9. The van der Waals surface area contributed by atoms with E-state index in [0.717, 1.165) is 55.8 Å². The van der Waals surface area contributed by atoms with Crippen LogP contribution in [0, 0.1) is 5.41 Å². The molecule has 2 aliphatic heterocycles. The summed E-state index contributed by atoms with van der Waals surface area (Å²) in [6.45, 7) is 5.17. The summed E-state index contributed by atoms with van der Waals surface area (Å²) < 4.78 is 13.3. The van der Waals surface area contributed by atoms with Crippen molar-refractivity contribution in [2.75, 3.05) is 30.3 Å². The van der Waals surface area contributed by atoms with Crippen LogP contribution in [0.3, 0.4) is 0 Å². The highest BCUT2D eigenvalue weighted by Crippen LogP contribution is 2.42. The molecule has 0 radical (unpaired) electrons. The van der Waals surface area contributed by atoms with Crippen LogP contribution in [-0.2, 0) is 18.4 Å². The van der Waals surface area contributed by atoms with Crippen LogP contribution >= 0.6 is 0 Å². The Bertz CT molecular complexity index is 1200. The van der Waals surface area contributed by atoms with Crippen molar-refractivity contribution in [2.24, 2.45) is 12.5 Å². The standard InChI is InChI=1S/C27H32N4O3/c1-19-16-27(18-34-19)12-14-31(15-13-27)26-29-24(28)23(25(32)30(26)2)21-8-10-22(11-9-21)33-17-20-6-4-3-5-7-20/h3-11,19H,12-18,28H2,1-2H3/t19-/m0/s1. The van der Waals surface area contributed by atoms with Crippen LogP contribution < -0.4 is 20.9 Å². The normalized spacial score (nSPS) is 19.5. The van der Waals surface area contributed by atoms with Crippen molar-refractivity contribution in [3.8, 4) is 16.9 Å². The first-order valence-corrected chi connectivity index (χ1v) is 11.9. The largest absolute Gasteiger partial charge is 0.489 e. The van der Waals surface area contributed by atoms with E-state index in [0.29, 0.717) is 24.2 Å². The molecule has 5 rings (SSSR count). The second kappa shape index (κ2) is 9.14. The topological polar surface area (TPSA) is 82.6 Å². The monoisotopic (exact) mass is 460 g/mol. The summed E-state index contributed by atoms with van der Waals surface area (Å²) in [5, 5.41) is 0. The highest BCUT2D eigenvalue weighted by molar-refractivity contribution is 5.74. The Morgan fingerprint density at radius 1 is 1.12 bits per heavy atom. The predicted molar refractivity (Wildman–Crippen MR) is 134 cm³/mol. The number of benzene rings is 2. The molecule has 1 aromatic heterocycles. The van der Waals surface area contributed by atoms with E-state index in [1.165, 1.54) is 0 Å². The Balaban J connectivity index is 1.32. The van der Waals surface area contributed by atoms with Gasteiger partial charge in [0.1, 0.15) is 18.2 Å². The first-order chi connectivity index (χ1) is 16.4. The molecular weight excluding hydrogens is 428 g/mol. The molecule has 7 heteroatoms. The molecule has 7 nitrogen and oxygen atoms in total. The van der Waals surface area contributed by atoms with Gasteiger partial charge in [0.15, 0.2) is 0 Å². The molecule has 178 valence electrons. The van der Waals surface area contributed by atoms with Gasteiger partial charge in [-0.05, 0) is 54.9 Å². The van der Waals surface area contributed by atoms with Crippen LogP contribution in [-0.4, -0.2) is 35.4 Å². The maximum atomic E-state index is 13.3. The van der Waals surface area contributed by atoms with E-state index in [9.17, 15) is 4.79 Å². The second-order valence-corrected chi connectivity index (χ2v) is 9.65. The Morgan fingerprint density at radius 2 is 1.82 bits per heavy atom. The summed E-state index contributed by atoms with van der Waals surface area (Å²) in [4.78, 5) is 20.1. The molecule has 0 unspecified atom stereocenters. The molecule has 0 amide bonds. The van der Waals surface area contributed by atoms with Gasteiger partial charge in [0, 0.05) is 20.1 Å². The van der Waals surface area contributed by atoms with Crippen molar-refractivity contribution in [1.82, 2.24) is 9.55 Å². The molecule has 0 saturated carbocycles. The van der Waals surface area contributed by atoms with Crippen LogP contribution in [0.25, 0.3) is 11.1 Å². The summed E-state index contributed by atoms with van der Waals surface area (Å²) in [5.41, 5.74) is 8.72. The van der Waals surface area contributed by atoms with Gasteiger partial charge in [0.2, 0.25) is 5.95 Å². The summed E-state index contributed by atoms with van der Waals surface area (Å²) in [6, 6.07) is 17.5. The minimum Gasteiger partial charge on any atom is -0.489 e. The molecule has 2 aromatic carbocycles. The number of nitrogens with two attached hydrogens (primary N) is 1. The second-order valence-electron chi connectivity index (χ2n) is 9.65. The quantitative estimate of drug-likeness (QED) is 0.620. The van der Waals surface area contributed by atoms with Crippen LogP contribution in [0.5, 0.6) is 5.75 Å². The summed E-state index contributed by atoms with van der Waals surface area (Å²) >= 11 is 0. The third-order valence-electron chi connectivity index (χ3n) is 7.19. The molecule has 34 heavy (non-hydrogen) atoms. The van der Waals surface area contributed by atoms with Gasteiger partial charge in [-0.2, -0.15) is 4.98 Å². The number of hydrogen-bond acceptors (Lipinski definition) is 6. The lowest BCUT2D eigenvalue weighted by molar-refractivity contribution is 0.0974. The third-order valence-corrected chi connectivity index (χ3v) is 7.19. The summed E-state index contributed by atoms with van der Waals surface area (Å²) in [6.07, 6.45) is 3.52. The zero-order chi connectivity index (χ0) is 23.7. The Morgan fingerprint density at radius 3 is 2.47 bits per heavy atom. The van der Waals surface area contributed by atoms with E-state index in [-0.39, 0.29) is 16.8 Å². The number of aromatic nitrogens is 2. The van der Waals surface area contributed by atoms with E-state index >= 15 is 0 Å². The first kappa shape index (κ1) is 22.5. The number of nitrogen functional groups attached to an aromatic ring is 1. The molecule has 2 aliphatic rings. The predicted octanol–water partition coefficient (Wildman–Crippen LogP) is 4.00. The minimum absolute atomic E-state index is 0.140. The van der Waals surface area contributed by atoms with Crippen LogP contribution in [0.15, 0.2) is 59.4 Å². The van der Waals surface area contributed by atoms with E-state index in [1.807, 2.05) is 54.6 Å². The molecule has 0 bridgehead atoms. The lowest BCUT2D eigenvalue weighted by atomic mass is 9.77. The molecule has 2 N–H and O–H groups in total. The van der Waals surface area contributed by atoms with Gasteiger partial charge >= 0.3 is 0 Å². The number of nitrogens with zero attached hydrogens (tertiary/aromatic N) is 3. The van der Waals surface area contributed by atoms with Crippen molar-refractivity contribution in [2.45, 2.75) is 38.9 Å². The van der Waals surface area contributed by atoms with Crippen molar-refractivity contribution in [3.63, 3.8) is 0 Å². The Labute approximate surface area is 200 Å². The van der Waals surface area contributed by atoms with Crippen molar-refractivity contribution in [3.05, 3.63) is 70.5 Å². The SMILES string of the molecule is C[C@H]1CC2(CCN(c3nc(N)c(-c4ccc(OCc5ccccc5)cc4)c(=O)n3C)CC2)CO1. The fourth-order valence-corrected chi connectivity index (χ4v) is 5.20. The highest BCUT2D eigenvalue weighted by Gasteiger charge is 2.41. The molecule has 0 aliphatic carbocycles. The van der Waals surface area contributed by atoms with Crippen LogP contribution in [0.4, 0.5) is 11.8 Å². The highest BCUT2D eigenvalue weighted by atomic mass is 16.5. The van der Waals surface area contributed by atoms with Gasteiger partial charge in [0.05, 0.1) is 18.3 Å². The summed E-state index contributed by atoms with van der Waals surface area (Å²) in [7, 11) is 1.77. The molecular formula is C27H32N4O3. The number of hydrogen-bond donors (Lipinski definition) is 1. The van der Waals surface area contributed by atoms with Crippen LogP contribution in [0.1, 0.15) is 31.7 Å². The van der Waals surface area contributed by atoms with Gasteiger partial charge in [-0.25, -0.2) is 0 Å². The van der Waals surface area contributed by atoms with Crippen LogP contribution in [0.2, 0.25) is 0 Å². The third kappa shape index (κ3) is 4.40. The molecule has 1 atom stereocenters. The average Bonchev–Trinajstić information content (AvgIpc) is 3.22. The van der Waals surface area contributed by atoms with Gasteiger partial charge in [-0.3, -0.25) is 9.36 Å². The number of anilines is 2. The van der Waals surface area contributed by atoms with E-state index in [4.69, 9.17) is 15.2 Å². The summed E-state index contributed by atoms with van der Waals surface area (Å²) in [5.74, 6) is 1.63. The number of ether oxygens (including phenoxy) is 2. The zero-order valence-corrected chi connectivity index (χ0v) is 19.9. The van der Waals surface area contributed by atoms with Crippen molar-refractivity contribution >= 4 is 11.8 Å². The van der Waals surface area contributed by atoms with Gasteiger partial charge in [0.25, 0.3) is 5.56 Å². The van der Waals surface area contributed by atoms with E-state index < -0.39 is 0 Å². The van der Waals surface area contributed by atoms with Crippen molar-refractivity contribution in [1.29, 1.82) is 0 Å². The molecule has 3 heterocycles. The minimum atomic E-state index is -0.140. The number of rotatable bonds is 5. The lowest BCUT2D eigenvalue weighted by Crippen LogP contribution is -2.43. The fraction of sp³-hybridized carbons (Fsp3) is 0.407. The maximum Gasteiger partial charge on any atom is 0.264 e. The van der Waals surface area contributed by atoms with Gasteiger partial charge < -0.3 is 20.1 Å². The smallest absolute Gasteiger partial charge is 0.264 e. The Kier molecular flexibility index (Phi) is 6.04. The molecule has 1 spiro atoms. The van der Waals surface area contributed by atoms with E-state index in [2.05, 4.69) is 16.8 Å². The lowest BCUT2D eigenvalue weighted by Gasteiger charge is -2.39. The molecule has 2 fully saturated rings. The maximum absolute atomic E-state index is 13.3. The Hall–Kier alpha value is -3.32. The molecule has 3 aromatic rings. The zero-order valence-electron chi connectivity index (χ0n) is 19.9.